The number of para-hydroxylation sites is 12. The van der Waals surface area contributed by atoms with Crippen molar-refractivity contribution in [3.8, 4) is 22.3 Å². The first-order valence-electron chi connectivity index (χ1n) is 35.0. The maximum atomic E-state index is 2.56. The maximum absolute atomic E-state index is 2.56. The average Bonchev–Trinajstić information content (AvgIpc) is 1.50. The molecular formula is C97H72N4+4. The molecule has 2 aliphatic carbocycles. The van der Waals surface area contributed by atoms with Gasteiger partial charge in [-0.3, -0.25) is 0 Å². The fraction of sp³-hybridized carbons (Fsp3) is 0.0103. The fourth-order valence-corrected chi connectivity index (χ4v) is 17.4. The minimum absolute atomic E-state index is 0.340. The van der Waals surface area contributed by atoms with E-state index in [1.165, 1.54) is 44.5 Å². The van der Waals surface area contributed by atoms with Gasteiger partial charge in [0.1, 0.15) is 91.0 Å². The summed E-state index contributed by atoms with van der Waals surface area (Å²) in [7, 11) is 0. The number of hydrogen-bond donors (Lipinski definition) is 0. The number of nitrogens with zero attached hydrogens (tertiary/aromatic N) is 4. The molecule has 2 aliphatic rings. The van der Waals surface area contributed by atoms with E-state index in [9.17, 15) is 0 Å². The third-order valence-corrected chi connectivity index (χ3v) is 21.5. The lowest BCUT2D eigenvalue weighted by atomic mass is 9.70. The van der Waals surface area contributed by atoms with Crippen LogP contribution < -0.4 is 17.9 Å². The molecule has 0 heterocycles. The molecule has 0 fully saturated rings. The van der Waals surface area contributed by atoms with Crippen molar-refractivity contribution in [3.63, 3.8) is 0 Å². The summed E-state index contributed by atoms with van der Waals surface area (Å²) in [6, 6.07) is 163. The fourth-order valence-electron chi connectivity index (χ4n) is 17.4. The lowest BCUT2D eigenvalue weighted by Gasteiger charge is -2.38. The number of fused-ring (bicyclic) bond motifs is 10. The van der Waals surface area contributed by atoms with Crippen LogP contribution in [-0.4, -0.2) is 0 Å². The molecule has 0 bridgehead atoms. The van der Waals surface area contributed by atoms with Crippen molar-refractivity contribution in [1.82, 2.24) is 17.9 Å². The Bertz CT molecular complexity index is 4500. The second kappa shape index (κ2) is 25.0. The molecule has 476 valence electrons. The summed E-state index contributed by atoms with van der Waals surface area (Å²) in [4.78, 5) is 0. The van der Waals surface area contributed by atoms with Gasteiger partial charge < -0.3 is 0 Å². The Hall–Kier alpha value is -12.6. The van der Waals surface area contributed by atoms with Gasteiger partial charge >= 0.3 is 0 Å². The molecular weight excluding hydrogens is 1220 g/mol. The zero-order valence-corrected chi connectivity index (χ0v) is 55.9. The van der Waals surface area contributed by atoms with Gasteiger partial charge in [-0.25, -0.2) is 0 Å². The summed E-state index contributed by atoms with van der Waals surface area (Å²) in [6.45, 7) is 0. The zero-order valence-electron chi connectivity index (χ0n) is 55.9. The van der Waals surface area contributed by atoms with Gasteiger partial charge in [-0.15, -0.1) is 0 Å². The Morgan fingerprint density at radius 2 is 0.238 bits per heavy atom. The lowest BCUT2D eigenvalue weighted by Crippen LogP contribution is -2.34. The molecule has 0 radical (unpaired) electrons. The van der Waals surface area contributed by atoms with Crippen LogP contribution in [0, 0.1) is 0 Å². The van der Waals surface area contributed by atoms with Crippen molar-refractivity contribution >= 4 is 91.0 Å². The predicted octanol–water partition coefficient (Wildman–Crippen LogP) is 27.2. The molecule has 0 unspecified atom stereocenters. The summed E-state index contributed by atoms with van der Waals surface area (Å²) in [5.41, 5.74) is 26.8. The second-order valence-corrected chi connectivity index (χ2v) is 26.4. The van der Waals surface area contributed by atoms with Crippen LogP contribution in [0.4, 0.5) is 91.0 Å². The number of benzene rings is 16. The number of quaternary nitrogens is 4. The Morgan fingerprint density at radius 1 is 0.119 bits per heavy atom. The van der Waals surface area contributed by atoms with E-state index < -0.39 is 5.41 Å². The van der Waals surface area contributed by atoms with Crippen molar-refractivity contribution in [1.29, 1.82) is 0 Å². The molecule has 0 aromatic heterocycles. The summed E-state index contributed by atoms with van der Waals surface area (Å²) in [5, 5.41) is 0. The van der Waals surface area contributed by atoms with Crippen molar-refractivity contribution in [3.05, 3.63) is 459 Å². The Labute approximate surface area is 592 Å². The first kappa shape index (κ1) is 60.7. The largest absolute Gasteiger partial charge is 0.194 e. The van der Waals surface area contributed by atoms with Crippen molar-refractivity contribution in [2.24, 2.45) is 0 Å². The van der Waals surface area contributed by atoms with Crippen LogP contribution in [0.25, 0.3) is 22.3 Å². The van der Waals surface area contributed by atoms with E-state index in [1.54, 1.807) is 0 Å². The molecule has 101 heavy (non-hydrogen) atoms. The molecule has 0 atom stereocenters. The third-order valence-electron chi connectivity index (χ3n) is 21.5. The highest BCUT2D eigenvalue weighted by Crippen LogP contribution is 2.68. The Morgan fingerprint density at radius 3 is 0.356 bits per heavy atom. The Kier molecular flexibility index (Phi) is 15.1. The highest BCUT2D eigenvalue weighted by molar-refractivity contribution is 6.01. The molecule has 0 saturated carbocycles. The van der Waals surface area contributed by atoms with E-state index in [-0.39, 0.29) is 0 Å². The highest BCUT2D eigenvalue weighted by Gasteiger charge is 2.56. The van der Waals surface area contributed by atoms with Crippen LogP contribution in [0.5, 0.6) is 0 Å². The van der Waals surface area contributed by atoms with Gasteiger partial charge in [-0.2, -0.15) is 17.9 Å². The van der Waals surface area contributed by atoms with Crippen molar-refractivity contribution in [2.45, 2.75) is 5.41 Å². The molecule has 0 N–H and O–H groups in total. The van der Waals surface area contributed by atoms with Crippen molar-refractivity contribution in [2.75, 3.05) is 0 Å². The smallest absolute Gasteiger partial charge is 0.148 e. The van der Waals surface area contributed by atoms with Gasteiger partial charge in [-0.1, -0.05) is 243 Å². The normalized spacial score (nSPS) is 12.8. The average molecular weight is 1290 g/mol. The monoisotopic (exact) mass is 1290 g/mol. The molecule has 16 aromatic carbocycles. The van der Waals surface area contributed by atoms with E-state index in [0.717, 1.165) is 91.0 Å². The van der Waals surface area contributed by atoms with E-state index >= 15 is 0 Å². The number of hydrogen-bond acceptors (Lipinski definition) is 0. The third kappa shape index (κ3) is 9.18. The van der Waals surface area contributed by atoms with E-state index in [4.69, 9.17) is 0 Å². The lowest BCUT2D eigenvalue weighted by molar-refractivity contribution is 0.699. The van der Waals surface area contributed by atoms with Gasteiger partial charge in [-0.05, 0) is 44.5 Å². The van der Waals surface area contributed by atoms with Gasteiger partial charge in [0.15, 0.2) is 0 Å². The minimum atomic E-state index is -0.850. The predicted molar refractivity (Wildman–Crippen MR) is 423 cm³/mol. The summed E-state index contributed by atoms with van der Waals surface area (Å²) in [5.74, 6) is 0. The maximum Gasteiger partial charge on any atom is 0.148 e. The second-order valence-electron chi connectivity index (χ2n) is 26.4. The van der Waals surface area contributed by atoms with Gasteiger partial charge in [0.25, 0.3) is 0 Å². The first-order valence-corrected chi connectivity index (χ1v) is 35.0. The van der Waals surface area contributed by atoms with Crippen LogP contribution >= 0.6 is 0 Å². The zero-order chi connectivity index (χ0) is 67.3. The van der Waals surface area contributed by atoms with Crippen LogP contribution in [0.2, 0.25) is 0 Å². The van der Waals surface area contributed by atoms with Crippen LogP contribution in [-0.2, 0) is 5.41 Å². The van der Waals surface area contributed by atoms with E-state index in [2.05, 4.69) is 437 Å². The van der Waals surface area contributed by atoms with Gasteiger partial charge in [0.2, 0.25) is 0 Å². The quantitative estimate of drug-likeness (QED) is 0.0846. The topological polar surface area (TPSA) is 0 Å². The van der Waals surface area contributed by atoms with Crippen molar-refractivity contribution < 1.29 is 0 Å². The van der Waals surface area contributed by atoms with E-state index in [0.29, 0.717) is 17.9 Å². The van der Waals surface area contributed by atoms with E-state index in [1.807, 2.05) is 0 Å². The molecule has 4 nitrogen and oxygen atoms in total. The van der Waals surface area contributed by atoms with Gasteiger partial charge in [0.05, 0.1) is 5.41 Å². The highest BCUT2D eigenvalue weighted by atomic mass is 15.4. The minimum Gasteiger partial charge on any atom is -0.194 e. The van der Waals surface area contributed by atoms with Crippen LogP contribution in [0.1, 0.15) is 22.3 Å². The molecule has 0 saturated heterocycles. The summed E-state index contributed by atoms with van der Waals surface area (Å²) < 4.78 is 1.36. The van der Waals surface area contributed by atoms with Gasteiger partial charge in [0, 0.05) is 194 Å². The first-order chi connectivity index (χ1) is 50.1. The molecule has 0 amide bonds. The SMILES string of the molecule is c1ccc([N+](c2ccccc2)(c2ccccc2)c2ccc3c(c2)-c2cc([N+](c4ccccc4)(c4ccccc4)c4ccccc4)ccc2C32c3ccc([N+](c4ccccc4)(c4ccccc4)c4ccccc4)cc3-c3cc([N+](c4ccccc4)(c4ccccc4)c4ccccc4)ccc32)cc1. The molecule has 1 spiro atoms. The summed E-state index contributed by atoms with van der Waals surface area (Å²) >= 11 is 0. The standard InChI is InChI=1S/C97H72N4/c1-13-37-73(38-14-1)98(74-39-15-2-16-40-74,75-41-17-3-18-42-75)85-61-65-93-89(69-85)90-70-86(99(76-43-19-4-20-44-76,77-45-21-5-22-46-77)78-47-23-6-24-48-78)62-66-94(90)97(93)95-67-63-87(100(79-49-25-7-26-50-79,80-51-27-8-28-52-80)81-53-29-9-30-54-81)71-91(95)92-72-88(64-68-96(92)97)101(82-55-31-10-32-56-82,83-57-33-11-34-58-83)84-59-35-12-36-60-84/h1-72H/q+4. The molecule has 18 rings (SSSR count). The molecule has 4 heteroatoms. The number of rotatable bonds is 16. The molecule has 16 aromatic rings. The Balaban J connectivity index is 1.01. The summed E-state index contributed by atoms with van der Waals surface area (Å²) in [6.07, 6.45) is 0. The molecule has 0 aliphatic heterocycles. The van der Waals surface area contributed by atoms with Crippen LogP contribution in [0.3, 0.4) is 0 Å². The van der Waals surface area contributed by atoms with Crippen LogP contribution in [0.15, 0.2) is 437 Å².